The quantitative estimate of drug-likeness (QED) is 0.342. The van der Waals surface area contributed by atoms with Crippen LogP contribution in [-0.4, -0.2) is 36.7 Å². The number of nitrogens with one attached hydrogen (secondary N) is 1. The van der Waals surface area contributed by atoms with E-state index in [9.17, 15) is 4.79 Å². The summed E-state index contributed by atoms with van der Waals surface area (Å²) in [5, 5.41) is 3.15. The van der Waals surface area contributed by atoms with Crippen LogP contribution < -0.4 is 14.8 Å². The van der Waals surface area contributed by atoms with Crippen LogP contribution >= 0.6 is 35.6 Å². The smallest absolute Gasteiger partial charge is 0.263 e. The summed E-state index contributed by atoms with van der Waals surface area (Å²) in [5.41, 5.74) is 1.80. The molecule has 8 heteroatoms. The number of benzene rings is 2. The molecule has 3 rings (SSSR count). The molecule has 0 saturated carbocycles. The van der Waals surface area contributed by atoms with Gasteiger partial charge in [0.25, 0.3) is 5.91 Å². The van der Waals surface area contributed by atoms with E-state index in [1.165, 1.54) is 11.8 Å². The highest BCUT2D eigenvalue weighted by molar-refractivity contribution is 8.26. The fourth-order valence-electron chi connectivity index (χ4n) is 2.57. The maximum atomic E-state index is 11.9. The number of hydrogen-bond acceptors (Lipinski definition) is 6. The summed E-state index contributed by atoms with van der Waals surface area (Å²) in [5.74, 6) is 1.26. The number of aryl methyl sites for hydroxylation is 1. The van der Waals surface area contributed by atoms with Crippen molar-refractivity contribution in [3.8, 4) is 11.5 Å². The molecule has 29 heavy (non-hydrogen) atoms. The molecule has 1 saturated heterocycles. The van der Waals surface area contributed by atoms with Crippen LogP contribution in [0, 0.1) is 6.92 Å². The number of rotatable bonds is 9. The van der Waals surface area contributed by atoms with Crippen molar-refractivity contribution in [1.82, 2.24) is 5.32 Å². The van der Waals surface area contributed by atoms with E-state index < -0.39 is 0 Å². The zero-order valence-electron chi connectivity index (χ0n) is 15.8. The Morgan fingerprint density at radius 1 is 1.07 bits per heavy atom. The molecule has 0 bridgehead atoms. The number of carbonyl (C=O) groups is 1. The number of para-hydroxylation sites is 1. The van der Waals surface area contributed by atoms with Crippen molar-refractivity contribution in [2.45, 2.75) is 6.92 Å². The molecule has 1 aliphatic heterocycles. The van der Waals surface area contributed by atoms with Crippen molar-refractivity contribution in [3.05, 3.63) is 63.5 Å². The first-order valence-corrected chi connectivity index (χ1v) is 10.6. The van der Waals surface area contributed by atoms with Gasteiger partial charge in [-0.05, 0) is 42.8 Å². The van der Waals surface area contributed by atoms with Crippen LogP contribution in [0.5, 0.6) is 11.5 Å². The zero-order valence-corrected chi connectivity index (χ0v) is 18.2. The molecule has 0 aromatic heterocycles. The van der Waals surface area contributed by atoms with Crippen LogP contribution in [-0.2, 0) is 9.53 Å². The van der Waals surface area contributed by atoms with Crippen LogP contribution in [0.2, 0.25) is 5.02 Å². The highest BCUT2D eigenvalue weighted by Gasteiger charge is 2.22. The Hall–Kier alpha value is -2.06. The van der Waals surface area contributed by atoms with Gasteiger partial charge >= 0.3 is 0 Å². The Balaban J connectivity index is 1.46. The molecule has 5 nitrogen and oxygen atoms in total. The van der Waals surface area contributed by atoms with Gasteiger partial charge in [-0.15, -0.1) is 0 Å². The van der Waals surface area contributed by atoms with Gasteiger partial charge in [0.05, 0.1) is 18.1 Å². The van der Waals surface area contributed by atoms with Crippen LogP contribution in [0.1, 0.15) is 11.1 Å². The van der Waals surface area contributed by atoms with Gasteiger partial charge in [-0.3, -0.25) is 4.79 Å². The lowest BCUT2D eigenvalue weighted by Crippen LogP contribution is -2.17. The molecule has 152 valence electrons. The molecule has 2 aromatic rings. The van der Waals surface area contributed by atoms with Crippen LogP contribution in [0.3, 0.4) is 0 Å². The van der Waals surface area contributed by atoms with E-state index in [1.54, 1.807) is 24.3 Å². The predicted molar refractivity (Wildman–Crippen MR) is 121 cm³/mol. The summed E-state index contributed by atoms with van der Waals surface area (Å²) in [6, 6.07) is 13.1. The Labute approximate surface area is 184 Å². The third-order valence-electron chi connectivity index (χ3n) is 3.96. The molecule has 0 aliphatic carbocycles. The van der Waals surface area contributed by atoms with E-state index in [0.717, 1.165) is 11.3 Å². The Bertz CT molecular complexity index is 933. The molecule has 1 fully saturated rings. The Morgan fingerprint density at radius 3 is 2.48 bits per heavy atom. The summed E-state index contributed by atoms with van der Waals surface area (Å²) in [6.45, 7) is 3.71. The minimum Gasteiger partial charge on any atom is -0.491 e. The van der Waals surface area contributed by atoms with Gasteiger partial charge in [0.2, 0.25) is 0 Å². The van der Waals surface area contributed by atoms with E-state index >= 15 is 0 Å². The van der Waals surface area contributed by atoms with E-state index in [1.807, 2.05) is 31.2 Å². The number of thioether (sulfide) groups is 1. The van der Waals surface area contributed by atoms with Gasteiger partial charge in [0.15, 0.2) is 0 Å². The van der Waals surface area contributed by atoms with E-state index in [-0.39, 0.29) is 5.91 Å². The Kier molecular flexibility index (Phi) is 7.94. The average molecular weight is 450 g/mol. The maximum Gasteiger partial charge on any atom is 0.263 e. The molecule has 0 radical (unpaired) electrons. The molecule has 0 spiro atoms. The molecular formula is C21H20ClNO4S2. The van der Waals surface area contributed by atoms with Crippen LogP contribution in [0.25, 0.3) is 6.08 Å². The number of ether oxygens (including phenoxy) is 3. The van der Waals surface area contributed by atoms with E-state index in [0.29, 0.717) is 52.0 Å². The first-order valence-electron chi connectivity index (χ1n) is 8.96. The molecule has 0 atom stereocenters. The van der Waals surface area contributed by atoms with Gasteiger partial charge < -0.3 is 19.5 Å². The average Bonchev–Trinajstić information content (AvgIpc) is 3.00. The fraction of sp³-hybridized carbons (Fsp3) is 0.238. The van der Waals surface area contributed by atoms with Crippen molar-refractivity contribution < 1.29 is 19.0 Å². The molecule has 1 amide bonds. The second kappa shape index (κ2) is 10.6. The van der Waals surface area contributed by atoms with Gasteiger partial charge in [0, 0.05) is 10.6 Å². The van der Waals surface area contributed by atoms with Gasteiger partial charge in [-0.25, -0.2) is 0 Å². The van der Waals surface area contributed by atoms with Crippen LogP contribution in [0.4, 0.5) is 0 Å². The number of hydrogen-bond donors (Lipinski definition) is 1. The van der Waals surface area contributed by atoms with E-state index in [4.69, 9.17) is 38.0 Å². The minimum atomic E-state index is -0.220. The third-order valence-corrected chi connectivity index (χ3v) is 5.36. The topological polar surface area (TPSA) is 56.8 Å². The number of halogens is 1. The summed E-state index contributed by atoms with van der Waals surface area (Å²) in [7, 11) is 0. The molecule has 1 heterocycles. The SMILES string of the molecule is Cc1ccccc1OCCOCCOc1ccc(Cl)cc1/C=C1\SC(=S)NC1=O. The highest BCUT2D eigenvalue weighted by Crippen LogP contribution is 2.31. The molecule has 2 aromatic carbocycles. The van der Waals surface area contributed by atoms with Crippen molar-refractivity contribution in [2.75, 3.05) is 26.4 Å². The first-order chi connectivity index (χ1) is 14.0. The standard InChI is InChI=1S/C21H20ClNO4S2/c1-14-4-2-3-5-17(14)26-10-8-25-9-11-27-18-7-6-16(22)12-15(18)13-19-20(24)23-21(28)29-19/h2-7,12-13H,8-11H2,1H3,(H,23,24,28)/b19-13-. The molecular weight excluding hydrogens is 430 g/mol. The highest BCUT2D eigenvalue weighted by atomic mass is 35.5. The minimum absolute atomic E-state index is 0.220. The number of carbonyl (C=O) groups excluding carboxylic acids is 1. The normalized spacial score (nSPS) is 14.9. The van der Waals surface area contributed by atoms with Crippen molar-refractivity contribution in [2.24, 2.45) is 0 Å². The maximum absolute atomic E-state index is 11.9. The summed E-state index contributed by atoms with van der Waals surface area (Å²) in [6.07, 6.45) is 1.72. The number of amides is 1. The summed E-state index contributed by atoms with van der Waals surface area (Å²) >= 11 is 12.3. The lowest BCUT2D eigenvalue weighted by Gasteiger charge is -2.11. The second-order valence-corrected chi connectivity index (χ2v) is 8.26. The largest absolute Gasteiger partial charge is 0.491 e. The fourth-order valence-corrected chi connectivity index (χ4v) is 3.78. The monoisotopic (exact) mass is 449 g/mol. The zero-order chi connectivity index (χ0) is 20.6. The summed E-state index contributed by atoms with van der Waals surface area (Å²) in [4.78, 5) is 12.4. The van der Waals surface area contributed by atoms with Gasteiger partial charge in [0.1, 0.15) is 29.0 Å². The lowest BCUT2D eigenvalue weighted by molar-refractivity contribution is -0.115. The lowest BCUT2D eigenvalue weighted by atomic mass is 10.2. The summed E-state index contributed by atoms with van der Waals surface area (Å²) < 4.78 is 17.5. The van der Waals surface area contributed by atoms with Gasteiger partial charge in [-0.1, -0.05) is 53.8 Å². The van der Waals surface area contributed by atoms with Crippen molar-refractivity contribution >= 4 is 51.9 Å². The first kappa shape index (κ1) is 21.6. The second-order valence-electron chi connectivity index (χ2n) is 6.11. The van der Waals surface area contributed by atoms with Crippen molar-refractivity contribution in [3.63, 3.8) is 0 Å². The predicted octanol–water partition coefficient (Wildman–Crippen LogP) is 4.61. The molecule has 1 N–H and O–H groups in total. The molecule has 0 unspecified atom stereocenters. The third kappa shape index (κ3) is 6.47. The Morgan fingerprint density at radius 2 is 1.79 bits per heavy atom. The molecule has 1 aliphatic rings. The van der Waals surface area contributed by atoms with Gasteiger partial charge in [-0.2, -0.15) is 0 Å². The number of thiocarbonyl (C=S) groups is 1. The van der Waals surface area contributed by atoms with Crippen molar-refractivity contribution in [1.29, 1.82) is 0 Å². The van der Waals surface area contributed by atoms with E-state index in [2.05, 4.69) is 5.32 Å². The van der Waals surface area contributed by atoms with Crippen LogP contribution in [0.15, 0.2) is 47.4 Å².